The Kier molecular flexibility index (Phi) is 0.555. The summed E-state index contributed by atoms with van der Waals surface area (Å²) in [7, 11) is 0. The molecule has 2 atom stereocenters. The van der Waals surface area contributed by atoms with Crippen molar-refractivity contribution in [3.05, 3.63) is 24.3 Å². The van der Waals surface area contributed by atoms with Crippen LogP contribution < -0.4 is 0 Å². The summed E-state index contributed by atoms with van der Waals surface area (Å²) in [6.07, 6.45) is 11.0. The SMILES string of the molecule is C1=CC2C=CC1C1CC21. The second kappa shape index (κ2) is 1.16. The van der Waals surface area contributed by atoms with E-state index in [9.17, 15) is 0 Å². The van der Waals surface area contributed by atoms with Gasteiger partial charge in [0.25, 0.3) is 0 Å². The maximum absolute atomic E-state index is 2.39. The van der Waals surface area contributed by atoms with Gasteiger partial charge in [0.15, 0.2) is 0 Å². The highest BCUT2D eigenvalue weighted by Crippen LogP contribution is 2.56. The molecule has 0 spiro atoms. The zero-order valence-corrected chi connectivity index (χ0v) is 5.33. The quantitative estimate of drug-likeness (QED) is 0.427. The van der Waals surface area contributed by atoms with Gasteiger partial charge in [0.2, 0.25) is 0 Å². The average molecular weight is 118 g/mol. The molecular formula is C9H10. The van der Waals surface area contributed by atoms with E-state index in [1.807, 2.05) is 0 Å². The van der Waals surface area contributed by atoms with Gasteiger partial charge in [0.1, 0.15) is 0 Å². The van der Waals surface area contributed by atoms with Crippen LogP contribution in [0.3, 0.4) is 0 Å². The Labute approximate surface area is 55.3 Å². The molecule has 46 valence electrons. The highest BCUT2D eigenvalue weighted by molar-refractivity contribution is 5.27. The molecule has 4 rings (SSSR count). The number of hydrogen-bond donors (Lipinski definition) is 0. The van der Waals surface area contributed by atoms with Crippen molar-refractivity contribution in [2.24, 2.45) is 23.7 Å². The van der Waals surface area contributed by atoms with E-state index in [0.29, 0.717) is 0 Å². The van der Waals surface area contributed by atoms with Crippen molar-refractivity contribution < 1.29 is 0 Å². The molecule has 0 radical (unpaired) electrons. The number of rotatable bonds is 0. The summed E-state index contributed by atoms with van der Waals surface area (Å²) in [5.74, 6) is 3.79. The Hall–Kier alpha value is -0.520. The molecule has 0 N–H and O–H groups in total. The van der Waals surface area contributed by atoms with Crippen LogP contribution in [0.15, 0.2) is 24.3 Å². The predicted octanol–water partition coefficient (Wildman–Crippen LogP) is 1.99. The monoisotopic (exact) mass is 118 g/mol. The first-order valence-corrected chi connectivity index (χ1v) is 3.82. The van der Waals surface area contributed by atoms with Crippen LogP contribution in [0.5, 0.6) is 0 Å². The molecule has 4 aliphatic rings. The summed E-state index contributed by atoms with van der Waals surface area (Å²) < 4.78 is 0. The van der Waals surface area contributed by atoms with E-state index in [4.69, 9.17) is 0 Å². The van der Waals surface area contributed by atoms with Gasteiger partial charge in [-0.15, -0.1) is 0 Å². The van der Waals surface area contributed by atoms with Crippen LogP contribution in [0.4, 0.5) is 0 Å². The molecule has 0 nitrogen and oxygen atoms in total. The van der Waals surface area contributed by atoms with Crippen LogP contribution in [0.2, 0.25) is 0 Å². The lowest BCUT2D eigenvalue weighted by Gasteiger charge is -2.23. The highest BCUT2D eigenvalue weighted by atomic mass is 14.5. The predicted molar refractivity (Wildman–Crippen MR) is 36.9 cm³/mol. The molecular weight excluding hydrogens is 108 g/mol. The number of hydrogen-bond acceptors (Lipinski definition) is 0. The molecule has 4 aliphatic carbocycles. The first kappa shape index (κ1) is 4.32. The summed E-state index contributed by atoms with van der Waals surface area (Å²) >= 11 is 0. The lowest BCUT2D eigenvalue weighted by Crippen LogP contribution is -2.14. The Bertz CT molecular complexity index is 166. The van der Waals surface area contributed by atoms with Crippen molar-refractivity contribution >= 4 is 0 Å². The molecule has 0 aromatic carbocycles. The van der Waals surface area contributed by atoms with Gasteiger partial charge < -0.3 is 0 Å². The zero-order valence-electron chi connectivity index (χ0n) is 5.33. The van der Waals surface area contributed by atoms with E-state index in [1.54, 1.807) is 0 Å². The van der Waals surface area contributed by atoms with Crippen LogP contribution in [0.1, 0.15) is 6.42 Å². The van der Waals surface area contributed by atoms with Crippen molar-refractivity contribution in [1.29, 1.82) is 0 Å². The van der Waals surface area contributed by atoms with E-state index in [1.165, 1.54) is 6.42 Å². The van der Waals surface area contributed by atoms with Gasteiger partial charge in [-0.25, -0.2) is 0 Å². The van der Waals surface area contributed by atoms with Crippen molar-refractivity contribution in [3.63, 3.8) is 0 Å². The maximum atomic E-state index is 2.39. The van der Waals surface area contributed by atoms with Crippen LogP contribution >= 0.6 is 0 Å². The molecule has 0 heteroatoms. The minimum absolute atomic E-state index is 0.833. The largest absolute Gasteiger partial charge is 0.0807 e. The van der Waals surface area contributed by atoms with Crippen LogP contribution in [0, 0.1) is 23.7 Å². The smallest absolute Gasteiger partial charge is 0.00217 e. The van der Waals surface area contributed by atoms with Gasteiger partial charge in [-0.05, 0) is 30.1 Å². The third-order valence-electron chi connectivity index (χ3n) is 2.99. The third-order valence-corrected chi connectivity index (χ3v) is 2.99. The van der Waals surface area contributed by atoms with Crippen molar-refractivity contribution in [2.75, 3.05) is 0 Å². The highest BCUT2D eigenvalue weighted by Gasteiger charge is 2.48. The molecule has 0 amide bonds. The Morgan fingerprint density at radius 3 is 1.56 bits per heavy atom. The topological polar surface area (TPSA) is 0 Å². The fraction of sp³-hybridized carbons (Fsp3) is 0.556. The number of allylic oxidation sites excluding steroid dienone is 4. The molecule has 2 bridgehead atoms. The van der Waals surface area contributed by atoms with Crippen LogP contribution in [-0.2, 0) is 0 Å². The maximum Gasteiger partial charge on any atom is -0.00217 e. The molecule has 2 unspecified atom stereocenters. The summed E-state index contributed by atoms with van der Waals surface area (Å²) in [6, 6.07) is 0. The van der Waals surface area contributed by atoms with Gasteiger partial charge in [0, 0.05) is 0 Å². The van der Waals surface area contributed by atoms with Crippen LogP contribution in [0.25, 0.3) is 0 Å². The minimum atomic E-state index is 0.833. The second-order valence-corrected chi connectivity index (χ2v) is 3.49. The lowest BCUT2D eigenvalue weighted by molar-refractivity contribution is 0.499. The van der Waals surface area contributed by atoms with Gasteiger partial charge in [-0.1, -0.05) is 24.3 Å². The molecule has 9 heavy (non-hydrogen) atoms. The fourth-order valence-electron chi connectivity index (χ4n) is 2.33. The zero-order chi connectivity index (χ0) is 5.84. The van der Waals surface area contributed by atoms with Crippen LogP contribution in [-0.4, -0.2) is 0 Å². The fourth-order valence-corrected chi connectivity index (χ4v) is 2.33. The van der Waals surface area contributed by atoms with Crippen molar-refractivity contribution in [1.82, 2.24) is 0 Å². The Morgan fingerprint density at radius 2 is 1.22 bits per heavy atom. The summed E-state index contributed by atoms with van der Waals surface area (Å²) in [4.78, 5) is 0. The average Bonchev–Trinajstić information content (AvgIpc) is 2.68. The Morgan fingerprint density at radius 1 is 0.778 bits per heavy atom. The van der Waals surface area contributed by atoms with E-state index in [-0.39, 0.29) is 0 Å². The standard InChI is InChI=1S/C9H10/c1-2-7-4-3-6(1)8-5-9(7)8/h1-4,6-9H,5H2. The molecule has 0 aromatic rings. The molecule has 1 fully saturated rings. The first-order chi connectivity index (χ1) is 4.45. The van der Waals surface area contributed by atoms with E-state index in [0.717, 1.165) is 23.7 Å². The lowest BCUT2D eigenvalue weighted by atomic mass is 9.82. The molecule has 0 saturated heterocycles. The van der Waals surface area contributed by atoms with Gasteiger partial charge >= 0.3 is 0 Å². The van der Waals surface area contributed by atoms with E-state index >= 15 is 0 Å². The Balaban J connectivity index is 2.13. The normalized spacial score (nSPS) is 57.8. The molecule has 0 heterocycles. The van der Waals surface area contributed by atoms with E-state index < -0.39 is 0 Å². The third kappa shape index (κ3) is 0.407. The van der Waals surface area contributed by atoms with Gasteiger partial charge in [-0.2, -0.15) is 0 Å². The van der Waals surface area contributed by atoms with Crippen molar-refractivity contribution in [3.8, 4) is 0 Å². The summed E-state index contributed by atoms with van der Waals surface area (Å²) in [5.41, 5.74) is 0. The van der Waals surface area contributed by atoms with Crippen molar-refractivity contribution in [2.45, 2.75) is 6.42 Å². The van der Waals surface area contributed by atoms with Gasteiger partial charge in [0.05, 0.1) is 0 Å². The molecule has 0 aliphatic heterocycles. The molecule has 1 saturated carbocycles. The summed E-state index contributed by atoms with van der Waals surface area (Å²) in [6.45, 7) is 0. The summed E-state index contributed by atoms with van der Waals surface area (Å²) in [5, 5.41) is 0. The first-order valence-electron chi connectivity index (χ1n) is 3.82. The van der Waals surface area contributed by atoms with Gasteiger partial charge in [-0.3, -0.25) is 0 Å². The second-order valence-electron chi connectivity index (χ2n) is 3.49. The minimum Gasteiger partial charge on any atom is -0.0807 e. The molecule has 0 aromatic heterocycles. The van der Waals surface area contributed by atoms with E-state index in [2.05, 4.69) is 24.3 Å².